The second-order valence-corrected chi connectivity index (χ2v) is 7.34. The third-order valence-electron chi connectivity index (χ3n) is 5.50. The number of rotatable bonds is 5. The minimum Gasteiger partial charge on any atom is -0.496 e. The highest BCUT2D eigenvalue weighted by Gasteiger charge is 2.33. The number of methoxy groups -OCH3 is 1. The molecule has 6 heteroatoms. The molecule has 1 aromatic carbocycles. The molecule has 4 nitrogen and oxygen atoms in total. The molecule has 2 aliphatic rings. The molecule has 0 aliphatic carbocycles. The molecule has 26 heavy (non-hydrogen) atoms. The van der Waals surface area contributed by atoms with Crippen LogP contribution in [0.25, 0.3) is 0 Å². The van der Waals surface area contributed by atoms with Gasteiger partial charge in [-0.2, -0.15) is 0 Å². The molecule has 150 valence electrons. The van der Waals surface area contributed by atoms with Gasteiger partial charge in [0.25, 0.3) is 0 Å². The molecule has 1 N–H and O–H groups in total. The zero-order valence-electron chi connectivity index (χ0n) is 16.2. The fourth-order valence-corrected chi connectivity index (χ4v) is 4.08. The Labute approximate surface area is 170 Å². The van der Waals surface area contributed by atoms with Crippen LogP contribution in [0.1, 0.15) is 49.8 Å². The van der Waals surface area contributed by atoms with E-state index in [-0.39, 0.29) is 24.8 Å². The summed E-state index contributed by atoms with van der Waals surface area (Å²) < 4.78 is 11.4. The van der Waals surface area contributed by atoms with E-state index in [0.717, 1.165) is 58.0 Å². The summed E-state index contributed by atoms with van der Waals surface area (Å²) in [4.78, 5) is 2.66. The number of halogens is 2. The summed E-state index contributed by atoms with van der Waals surface area (Å²) >= 11 is 0. The van der Waals surface area contributed by atoms with Gasteiger partial charge in [-0.3, -0.25) is 4.90 Å². The van der Waals surface area contributed by atoms with Crippen molar-refractivity contribution in [1.82, 2.24) is 10.2 Å². The van der Waals surface area contributed by atoms with Gasteiger partial charge >= 0.3 is 0 Å². The molecule has 0 bridgehead atoms. The average Bonchev–Trinajstić information content (AvgIpc) is 2.63. The highest BCUT2D eigenvalue weighted by atomic mass is 35.5. The van der Waals surface area contributed by atoms with Gasteiger partial charge in [0.1, 0.15) is 5.75 Å². The van der Waals surface area contributed by atoms with Gasteiger partial charge in [-0.05, 0) is 36.3 Å². The third-order valence-corrected chi connectivity index (χ3v) is 5.50. The van der Waals surface area contributed by atoms with Crippen molar-refractivity contribution in [2.24, 2.45) is 5.92 Å². The first-order valence-electron chi connectivity index (χ1n) is 9.41. The summed E-state index contributed by atoms with van der Waals surface area (Å²) in [6, 6.07) is 7.21. The fraction of sp³-hybridized carbons (Fsp3) is 0.700. The summed E-state index contributed by atoms with van der Waals surface area (Å²) in [5.41, 5.74) is 2.77. The van der Waals surface area contributed by atoms with Crippen molar-refractivity contribution >= 4 is 24.8 Å². The molecular weight excluding hydrogens is 371 g/mol. The van der Waals surface area contributed by atoms with Crippen molar-refractivity contribution in [2.75, 3.05) is 46.5 Å². The predicted octanol–water partition coefficient (Wildman–Crippen LogP) is 4.04. The second kappa shape index (κ2) is 11.4. The third kappa shape index (κ3) is 5.49. The standard InChI is InChI=1S/C20H32N2O2.2ClH/c1-15(2)17-4-5-19(23-3)18(14-17)20(16-6-12-24-13-7-16)22-10-8-21-9-11-22;;/h4-5,14-16,20-21H,6-13H2,1-3H3;2*1H/t20-;;/m0../s1. The highest BCUT2D eigenvalue weighted by molar-refractivity contribution is 5.85. The van der Waals surface area contributed by atoms with E-state index in [9.17, 15) is 0 Å². The van der Waals surface area contributed by atoms with E-state index in [2.05, 4.69) is 42.3 Å². The second-order valence-electron chi connectivity index (χ2n) is 7.34. The fourth-order valence-electron chi connectivity index (χ4n) is 4.08. The first kappa shape index (κ1) is 23.5. The van der Waals surface area contributed by atoms with Crippen molar-refractivity contribution in [2.45, 2.75) is 38.6 Å². The molecule has 0 radical (unpaired) electrons. The van der Waals surface area contributed by atoms with E-state index < -0.39 is 0 Å². The molecule has 0 spiro atoms. The molecule has 2 saturated heterocycles. The van der Waals surface area contributed by atoms with Gasteiger partial charge in [0.15, 0.2) is 0 Å². The van der Waals surface area contributed by atoms with Gasteiger partial charge in [0.05, 0.1) is 7.11 Å². The smallest absolute Gasteiger partial charge is 0.123 e. The van der Waals surface area contributed by atoms with Crippen LogP contribution in [0.3, 0.4) is 0 Å². The predicted molar refractivity (Wildman–Crippen MR) is 112 cm³/mol. The van der Waals surface area contributed by atoms with E-state index in [1.807, 2.05) is 0 Å². The van der Waals surface area contributed by atoms with Crippen molar-refractivity contribution in [3.63, 3.8) is 0 Å². The molecule has 0 unspecified atom stereocenters. The van der Waals surface area contributed by atoms with E-state index in [1.165, 1.54) is 11.1 Å². The number of nitrogens with one attached hydrogen (secondary N) is 1. The van der Waals surface area contributed by atoms with Crippen molar-refractivity contribution in [3.8, 4) is 5.75 Å². The maximum Gasteiger partial charge on any atom is 0.123 e. The van der Waals surface area contributed by atoms with Crippen molar-refractivity contribution in [1.29, 1.82) is 0 Å². The van der Waals surface area contributed by atoms with Crippen LogP contribution in [0.5, 0.6) is 5.75 Å². The Balaban J connectivity index is 0.00000169. The number of hydrogen-bond donors (Lipinski definition) is 1. The van der Waals surface area contributed by atoms with E-state index in [0.29, 0.717) is 17.9 Å². The van der Waals surface area contributed by atoms with Crippen LogP contribution in [0, 0.1) is 5.92 Å². The van der Waals surface area contributed by atoms with Gasteiger partial charge in [-0.15, -0.1) is 24.8 Å². The Hall–Kier alpha value is -0.520. The quantitative estimate of drug-likeness (QED) is 0.802. The SMILES string of the molecule is COc1ccc(C(C)C)cc1[C@H](C1CCOCC1)N1CCNCC1.Cl.Cl. The molecule has 2 aliphatic heterocycles. The van der Waals surface area contributed by atoms with Crippen molar-refractivity contribution in [3.05, 3.63) is 29.3 Å². The minimum absolute atomic E-state index is 0. The van der Waals surface area contributed by atoms with Gasteiger partial charge in [-0.25, -0.2) is 0 Å². The summed E-state index contributed by atoms with van der Waals surface area (Å²) in [5.74, 6) is 2.22. The summed E-state index contributed by atoms with van der Waals surface area (Å²) in [6.07, 6.45) is 2.29. The lowest BCUT2D eigenvalue weighted by Gasteiger charge is -2.41. The van der Waals surface area contributed by atoms with Crippen molar-refractivity contribution < 1.29 is 9.47 Å². The van der Waals surface area contributed by atoms with Crippen LogP contribution in [0.4, 0.5) is 0 Å². The number of ether oxygens (including phenoxy) is 2. The Morgan fingerprint density at radius 2 is 1.77 bits per heavy atom. The minimum atomic E-state index is 0. The molecule has 1 aromatic rings. The first-order valence-corrected chi connectivity index (χ1v) is 9.41. The van der Waals surface area contributed by atoms with Crippen LogP contribution < -0.4 is 10.1 Å². The van der Waals surface area contributed by atoms with Gasteiger partial charge in [0.2, 0.25) is 0 Å². The van der Waals surface area contributed by atoms with E-state index >= 15 is 0 Å². The summed E-state index contributed by atoms with van der Waals surface area (Å²) in [6.45, 7) is 10.7. The first-order chi connectivity index (χ1) is 11.7. The van der Waals surface area contributed by atoms with Gasteiger partial charge in [-0.1, -0.05) is 26.0 Å². The molecule has 3 rings (SSSR count). The highest BCUT2D eigenvalue weighted by Crippen LogP contribution is 2.40. The number of nitrogens with zero attached hydrogens (tertiary/aromatic N) is 1. The Morgan fingerprint density at radius 3 is 2.35 bits per heavy atom. The maximum atomic E-state index is 5.77. The Morgan fingerprint density at radius 1 is 1.12 bits per heavy atom. The molecule has 2 fully saturated rings. The summed E-state index contributed by atoms with van der Waals surface area (Å²) in [7, 11) is 1.80. The Bertz CT molecular complexity index is 513. The normalized spacial score (nSPS) is 20.2. The zero-order chi connectivity index (χ0) is 16.9. The number of piperazine rings is 1. The van der Waals surface area contributed by atoms with Crippen LogP contribution >= 0.6 is 24.8 Å². The lowest BCUT2D eigenvalue weighted by Crippen LogP contribution is -2.47. The van der Waals surface area contributed by atoms with Crippen LogP contribution in [-0.4, -0.2) is 51.4 Å². The number of benzene rings is 1. The van der Waals surface area contributed by atoms with Crippen LogP contribution in [0.2, 0.25) is 0 Å². The van der Waals surface area contributed by atoms with E-state index in [1.54, 1.807) is 7.11 Å². The summed E-state index contributed by atoms with van der Waals surface area (Å²) in [5, 5.41) is 3.48. The lowest BCUT2D eigenvalue weighted by molar-refractivity contribution is 0.0206. The van der Waals surface area contributed by atoms with Gasteiger partial charge in [0, 0.05) is 51.0 Å². The van der Waals surface area contributed by atoms with E-state index in [4.69, 9.17) is 9.47 Å². The zero-order valence-corrected chi connectivity index (χ0v) is 17.8. The topological polar surface area (TPSA) is 33.7 Å². The molecule has 0 aromatic heterocycles. The largest absolute Gasteiger partial charge is 0.496 e. The average molecular weight is 405 g/mol. The Kier molecular flexibility index (Phi) is 10.3. The monoisotopic (exact) mass is 404 g/mol. The maximum absolute atomic E-state index is 5.77. The molecule has 2 heterocycles. The molecule has 1 atom stereocenters. The molecule has 0 amide bonds. The van der Waals surface area contributed by atoms with Gasteiger partial charge < -0.3 is 14.8 Å². The lowest BCUT2D eigenvalue weighted by atomic mass is 9.84. The van der Waals surface area contributed by atoms with Crippen LogP contribution in [-0.2, 0) is 4.74 Å². The molecule has 0 saturated carbocycles. The van der Waals surface area contributed by atoms with Crippen LogP contribution in [0.15, 0.2) is 18.2 Å². The molecular formula is C20H34Cl2N2O2. The number of hydrogen-bond acceptors (Lipinski definition) is 4.